The number of para-hydroxylation sites is 2. The van der Waals surface area contributed by atoms with Gasteiger partial charge in [0.25, 0.3) is 5.91 Å². The molecule has 0 bridgehead atoms. The summed E-state index contributed by atoms with van der Waals surface area (Å²) in [6.45, 7) is 0.468. The average Bonchev–Trinajstić information content (AvgIpc) is 3.23. The van der Waals surface area contributed by atoms with E-state index in [1.54, 1.807) is 30.3 Å². The van der Waals surface area contributed by atoms with Crippen molar-refractivity contribution in [3.63, 3.8) is 0 Å². The molecule has 0 aliphatic heterocycles. The van der Waals surface area contributed by atoms with Crippen molar-refractivity contribution in [3.05, 3.63) is 108 Å². The normalized spacial score (nSPS) is 10.5. The molecule has 4 aromatic rings. The predicted octanol–water partition coefficient (Wildman–Crippen LogP) is 4.94. The summed E-state index contributed by atoms with van der Waals surface area (Å²) in [4.78, 5) is 14.5. The lowest BCUT2D eigenvalue weighted by atomic mass is 10.2. The van der Waals surface area contributed by atoms with Gasteiger partial charge < -0.3 is 9.64 Å². The van der Waals surface area contributed by atoms with E-state index in [9.17, 15) is 4.79 Å². The number of benzene rings is 3. The molecule has 1 aromatic heterocycles. The monoisotopic (exact) mass is 383 g/mol. The third kappa shape index (κ3) is 4.52. The SMILES string of the molecule is CN(Cc1cnn(-c2ccccc2)c1)C(=O)c1cccc(Oc2ccccc2)c1. The number of nitrogens with zero attached hydrogens (tertiary/aromatic N) is 3. The van der Waals surface area contributed by atoms with E-state index in [-0.39, 0.29) is 5.91 Å². The van der Waals surface area contributed by atoms with Gasteiger partial charge in [-0.1, -0.05) is 42.5 Å². The Kier molecular flexibility index (Phi) is 5.38. The lowest BCUT2D eigenvalue weighted by Gasteiger charge is -2.17. The van der Waals surface area contributed by atoms with E-state index in [0.717, 1.165) is 17.0 Å². The van der Waals surface area contributed by atoms with Crippen LogP contribution >= 0.6 is 0 Å². The van der Waals surface area contributed by atoms with E-state index in [1.165, 1.54) is 0 Å². The minimum atomic E-state index is -0.0732. The molecular formula is C24H21N3O2. The van der Waals surface area contributed by atoms with E-state index >= 15 is 0 Å². The third-order valence-corrected chi connectivity index (χ3v) is 4.48. The van der Waals surface area contributed by atoms with Crippen LogP contribution in [-0.2, 0) is 6.54 Å². The summed E-state index contributed by atoms with van der Waals surface area (Å²) in [7, 11) is 1.78. The van der Waals surface area contributed by atoms with Crippen molar-refractivity contribution in [3.8, 4) is 17.2 Å². The van der Waals surface area contributed by atoms with Gasteiger partial charge in [0.1, 0.15) is 11.5 Å². The molecule has 0 N–H and O–H groups in total. The molecule has 144 valence electrons. The van der Waals surface area contributed by atoms with Crippen LogP contribution in [-0.4, -0.2) is 27.6 Å². The molecule has 0 aliphatic rings. The Bertz CT molecular complexity index is 1090. The maximum absolute atomic E-state index is 12.9. The number of amides is 1. The summed E-state index contributed by atoms with van der Waals surface area (Å²) < 4.78 is 7.64. The van der Waals surface area contributed by atoms with Gasteiger partial charge in [0, 0.05) is 30.9 Å². The van der Waals surface area contributed by atoms with E-state index in [0.29, 0.717) is 17.9 Å². The third-order valence-electron chi connectivity index (χ3n) is 4.48. The van der Waals surface area contributed by atoms with Crippen molar-refractivity contribution in [2.24, 2.45) is 0 Å². The van der Waals surface area contributed by atoms with E-state index < -0.39 is 0 Å². The predicted molar refractivity (Wildman–Crippen MR) is 112 cm³/mol. The van der Waals surface area contributed by atoms with Crippen LogP contribution in [0, 0.1) is 0 Å². The summed E-state index contributed by atoms with van der Waals surface area (Å²) >= 11 is 0. The van der Waals surface area contributed by atoms with Gasteiger partial charge in [0.2, 0.25) is 0 Å². The van der Waals surface area contributed by atoms with Gasteiger partial charge in [0.15, 0.2) is 0 Å². The molecule has 3 aromatic carbocycles. The number of rotatable bonds is 6. The molecule has 5 nitrogen and oxygen atoms in total. The summed E-state index contributed by atoms with van der Waals surface area (Å²) in [6.07, 6.45) is 3.72. The minimum Gasteiger partial charge on any atom is -0.457 e. The Balaban J connectivity index is 1.44. The van der Waals surface area contributed by atoms with Gasteiger partial charge in [-0.25, -0.2) is 4.68 Å². The summed E-state index contributed by atoms with van der Waals surface area (Å²) in [5.74, 6) is 1.29. The molecule has 4 rings (SSSR count). The molecule has 0 aliphatic carbocycles. The Labute approximate surface area is 169 Å². The molecule has 0 fully saturated rings. The molecule has 0 spiro atoms. The zero-order valence-electron chi connectivity index (χ0n) is 16.1. The van der Waals surface area contributed by atoms with Crippen LogP contribution in [0.2, 0.25) is 0 Å². The number of carbonyl (C=O) groups is 1. The molecular weight excluding hydrogens is 362 g/mol. The lowest BCUT2D eigenvalue weighted by molar-refractivity contribution is 0.0785. The number of hydrogen-bond acceptors (Lipinski definition) is 3. The zero-order valence-corrected chi connectivity index (χ0v) is 16.1. The second-order valence-electron chi connectivity index (χ2n) is 6.73. The summed E-state index contributed by atoms with van der Waals surface area (Å²) in [5.41, 5.74) is 2.52. The van der Waals surface area contributed by atoms with Crippen LogP contribution in [0.25, 0.3) is 5.69 Å². The van der Waals surface area contributed by atoms with Crippen LogP contribution in [0.15, 0.2) is 97.3 Å². The highest BCUT2D eigenvalue weighted by molar-refractivity contribution is 5.94. The van der Waals surface area contributed by atoms with Gasteiger partial charge >= 0.3 is 0 Å². The maximum Gasteiger partial charge on any atom is 0.254 e. The summed E-state index contributed by atoms with van der Waals surface area (Å²) in [6, 6.07) is 26.6. The Morgan fingerprint density at radius 2 is 1.62 bits per heavy atom. The van der Waals surface area contributed by atoms with E-state index in [1.807, 2.05) is 83.7 Å². The standard InChI is InChI=1S/C24H21N3O2/c1-26(17-19-16-25-27(18-19)21-10-4-2-5-11-21)24(28)20-9-8-14-23(15-20)29-22-12-6-3-7-13-22/h2-16,18H,17H2,1H3. The quantitative estimate of drug-likeness (QED) is 0.474. The number of carbonyl (C=O) groups excluding carboxylic acids is 1. The topological polar surface area (TPSA) is 47.4 Å². The number of aromatic nitrogens is 2. The molecule has 0 atom stereocenters. The van der Waals surface area contributed by atoms with Crippen LogP contribution in [0.4, 0.5) is 0 Å². The van der Waals surface area contributed by atoms with Crippen molar-refractivity contribution < 1.29 is 9.53 Å². The maximum atomic E-state index is 12.9. The van der Waals surface area contributed by atoms with Gasteiger partial charge in [-0.15, -0.1) is 0 Å². The average molecular weight is 383 g/mol. The largest absolute Gasteiger partial charge is 0.457 e. The Hall–Kier alpha value is -3.86. The van der Waals surface area contributed by atoms with Crippen molar-refractivity contribution in [1.82, 2.24) is 14.7 Å². The van der Waals surface area contributed by atoms with Crippen molar-refractivity contribution >= 4 is 5.91 Å². The molecule has 0 unspecified atom stereocenters. The Morgan fingerprint density at radius 3 is 2.38 bits per heavy atom. The van der Waals surface area contributed by atoms with E-state index in [2.05, 4.69) is 5.10 Å². The van der Waals surface area contributed by atoms with Crippen LogP contribution in [0.3, 0.4) is 0 Å². The first kappa shape index (κ1) is 18.5. The van der Waals surface area contributed by atoms with Crippen molar-refractivity contribution in [1.29, 1.82) is 0 Å². The van der Waals surface area contributed by atoms with Crippen LogP contribution in [0.5, 0.6) is 11.5 Å². The minimum absolute atomic E-state index is 0.0732. The molecule has 1 heterocycles. The molecule has 5 heteroatoms. The van der Waals surface area contributed by atoms with Crippen LogP contribution < -0.4 is 4.74 Å². The fraction of sp³-hybridized carbons (Fsp3) is 0.0833. The lowest BCUT2D eigenvalue weighted by Crippen LogP contribution is -2.26. The second-order valence-corrected chi connectivity index (χ2v) is 6.73. The van der Waals surface area contributed by atoms with Crippen molar-refractivity contribution in [2.75, 3.05) is 7.05 Å². The van der Waals surface area contributed by atoms with Gasteiger partial charge in [-0.2, -0.15) is 5.10 Å². The fourth-order valence-corrected chi connectivity index (χ4v) is 3.05. The van der Waals surface area contributed by atoms with Crippen LogP contribution in [0.1, 0.15) is 15.9 Å². The molecule has 29 heavy (non-hydrogen) atoms. The smallest absolute Gasteiger partial charge is 0.254 e. The summed E-state index contributed by atoms with van der Waals surface area (Å²) in [5, 5.41) is 4.39. The molecule has 0 saturated carbocycles. The highest BCUT2D eigenvalue weighted by Gasteiger charge is 2.14. The first-order valence-electron chi connectivity index (χ1n) is 9.36. The van der Waals surface area contributed by atoms with E-state index in [4.69, 9.17) is 4.74 Å². The molecule has 0 radical (unpaired) electrons. The number of hydrogen-bond donors (Lipinski definition) is 0. The Morgan fingerprint density at radius 1 is 0.931 bits per heavy atom. The second kappa shape index (κ2) is 8.44. The number of ether oxygens (including phenoxy) is 1. The van der Waals surface area contributed by atoms with Gasteiger partial charge in [0.05, 0.1) is 11.9 Å². The molecule has 0 saturated heterocycles. The first-order chi connectivity index (χ1) is 14.2. The van der Waals surface area contributed by atoms with Gasteiger partial charge in [-0.3, -0.25) is 4.79 Å². The van der Waals surface area contributed by atoms with Gasteiger partial charge in [-0.05, 0) is 42.5 Å². The first-order valence-corrected chi connectivity index (χ1v) is 9.36. The highest BCUT2D eigenvalue weighted by atomic mass is 16.5. The molecule has 1 amide bonds. The van der Waals surface area contributed by atoms with Crippen molar-refractivity contribution in [2.45, 2.75) is 6.54 Å². The fourth-order valence-electron chi connectivity index (χ4n) is 3.05. The zero-order chi connectivity index (χ0) is 20.1. The highest BCUT2D eigenvalue weighted by Crippen LogP contribution is 2.22.